The molecule has 332 valence electrons. The molecule has 0 aromatic carbocycles. The van der Waals surface area contributed by atoms with Gasteiger partial charge in [-0.15, -0.1) is 0 Å². The molecule has 56 heavy (non-hydrogen) atoms. The quantitative estimate of drug-likeness (QED) is 0.0347. The van der Waals surface area contributed by atoms with Gasteiger partial charge in [-0.05, 0) is 25.2 Å². The normalized spacial score (nSPS) is 11.9. The van der Waals surface area contributed by atoms with E-state index in [9.17, 15) is 14.4 Å². The van der Waals surface area contributed by atoms with E-state index in [1.165, 1.54) is 173 Å². The molecule has 0 aliphatic heterocycles. The second-order valence-corrected chi connectivity index (χ2v) is 17.6. The summed E-state index contributed by atoms with van der Waals surface area (Å²) in [6.45, 7) is 9.01. The van der Waals surface area contributed by atoms with Gasteiger partial charge in [-0.3, -0.25) is 14.4 Å². The highest BCUT2D eigenvalue weighted by molar-refractivity contribution is 5.71. The Morgan fingerprint density at radius 3 is 0.875 bits per heavy atom. The summed E-state index contributed by atoms with van der Waals surface area (Å²) in [6, 6.07) is 0. The number of esters is 3. The molecule has 6 heteroatoms. The number of carbonyl (C=O) groups excluding carboxylic acids is 3. The number of rotatable bonds is 45. The van der Waals surface area contributed by atoms with Crippen molar-refractivity contribution in [3.05, 3.63) is 0 Å². The molecular weight excluding hydrogens is 697 g/mol. The minimum absolute atomic E-state index is 0.0630. The largest absolute Gasteiger partial charge is 0.462 e. The first-order chi connectivity index (χ1) is 27.4. The molecule has 0 aromatic heterocycles. The van der Waals surface area contributed by atoms with E-state index in [4.69, 9.17) is 14.2 Å². The zero-order valence-electron chi connectivity index (χ0n) is 38.1. The maximum absolute atomic E-state index is 12.7. The van der Waals surface area contributed by atoms with Crippen molar-refractivity contribution in [2.45, 2.75) is 284 Å². The molecule has 0 saturated heterocycles. The Labute approximate surface area is 348 Å². The van der Waals surface area contributed by atoms with Crippen molar-refractivity contribution in [3.8, 4) is 0 Å². The van der Waals surface area contributed by atoms with Gasteiger partial charge >= 0.3 is 17.9 Å². The smallest absolute Gasteiger partial charge is 0.306 e. The highest BCUT2D eigenvalue weighted by Crippen LogP contribution is 2.17. The first-order valence-corrected chi connectivity index (χ1v) is 24.9. The third-order valence-corrected chi connectivity index (χ3v) is 11.3. The molecule has 0 heterocycles. The van der Waals surface area contributed by atoms with Gasteiger partial charge in [-0.25, -0.2) is 0 Å². The Hall–Kier alpha value is -1.59. The minimum Gasteiger partial charge on any atom is -0.462 e. The summed E-state index contributed by atoms with van der Waals surface area (Å²) in [5, 5.41) is 0. The third-order valence-electron chi connectivity index (χ3n) is 11.3. The Bertz CT molecular complexity index is 841. The zero-order chi connectivity index (χ0) is 41.0. The monoisotopic (exact) mass is 793 g/mol. The van der Waals surface area contributed by atoms with E-state index in [0.717, 1.165) is 63.7 Å². The van der Waals surface area contributed by atoms with Crippen LogP contribution in [0.25, 0.3) is 0 Å². The maximum atomic E-state index is 12.7. The molecule has 0 amide bonds. The van der Waals surface area contributed by atoms with Gasteiger partial charge in [-0.1, -0.05) is 240 Å². The van der Waals surface area contributed by atoms with Crippen LogP contribution >= 0.6 is 0 Å². The van der Waals surface area contributed by atoms with Crippen LogP contribution in [0.15, 0.2) is 0 Å². The Morgan fingerprint density at radius 1 is 0.339 bits per heavy atom. The second-order valence-electron chi connectivity index (χ2n) is 17.6. The van der Waals surface area contributed by atoms with Crippen molar-refractivity contribution in [2.24, 2.45) is 5.92 Å². The molecular formula is C50H96O6. The van der Waals surface area contributed by atoms with Gasteiger partial charge in [0.1, 0.15) is 13.2 Å². The van der Waals surface area contributed by atoms with Crippen molar-refractivity contribution in [2.75, 3.05) is 13.2 Å². The molecule has 0 unspecified atom stereocenters. The van der Waals surface area contributed by atoms with Crippen LogP contribution < -0.4 is 0 Å². The van der Waals surface area contributed by atoms with Crippen LogP contribution in [0, 0.1) is 5.92 Å². The van der Waals surface area contributed by atoms with Crippen molar-refractivity contribution >= 4 is 17.9 Å². The second kappa shape index (κ2) is 44.5. The molecule has 0 aliphatic rings. The fraction of sp³-hybridized carbons (Fsp3) is 0.940. The van der Waals surface area contributed by atoms with E-state index in [1.807, 2.05) is 0 Å². The lowest BCUT2D eigenvalue weighted by molar-refractivity contribution is -0.167. The van der Waals surface area contributed by atoms with Crippen molar-refractivity contribution in [3.63, 3.8) is 0 Å². The number of unbranched alkanes of at least 4 members (excludes halogenated alkanes) is 32. The molecule has 0 spiro atoms. The topological polar surface area (TPSA) is 78.9 Å². The van der Waals surface area contributed by atoms with E-state index in [1.54, 1.807) is 0 Å². The lowest BCUT2D eigenvalue weighted by atomic mass is 10.0. The van der Waals surface area contributed by atoms with Gasteiger partial charge in [0.2, 0.25) is 0 Å². The molecule has 0 radical (unpaired) electrons. The maximum Gasteiger partial charge on any atom is 0.306 e. The van der Waals surface area contributed by atoms with E-state index in [-0.39, 0.29) is 31.1 Å². The van der Waals surface area contributed by atoms with Crippen LogP contribution in [0.5, 0.6) is 0 Å². The Morgan fingerprint density at radius 2 is 0.589 bits per heavy atom. The third kappa shape index (κ3) is 43.5. The van der Waals surface area contributed by atoms with Crippen molar-refractivity contribution in [1.82, 2.24) is 0 Å². The molecule has 0 fully saturated rings. The molecule has 0 aromatic rings. The zero-order valence-corrected chi connectivity index (χ0v) is 38.1. The van der Waals surface area contributed by atoms with E-state index >= 15 is 0 Å². The van der Waals surface area contributed by atoms with Gasteiger partial charge in [-0.2, -0.15) is 0 Å². The SMILES string of the molecule is CCCCCCCCCCCCCC(=O)O[C@@H](COC(=O)CCCCCCCCCCCC)COC(=O)CCCCCCCCCCCCCCCCC(C)C. The summed E-state index contributed by atoms with van der Waals surface area (Å²) >= 11 is 0. The van der Waals surface area contributed by atoms with Gasteiger partial charge in [0.05, 0.1) is 0 Å². The Kier molecular flexibility index (Phi) is 43.2. The number of hydrogen-bond donors (Lipinski definition) is 0. The molecule has 6 nitrogen and oxygen atoms in total. The predicted octanol–water partition coefficient (Wildman–Crippen LogP) is 15.9. The number of carbonyl (C=O) groups is 3. The first kappa shape index (κ1) is 54.4. The molecule has 0 N–H and O–H groups in total. The summed E-state index contributed by atoms with van der Waals surface area (Å²) in [5.74, 6) is -0.00432. The average Bonchev–Trinajstić information content (AvgIpc) is 3.18. The van der Waals surface area contributed by atoms with Crippen LogP contribution in [-0.4, -0.2) is 37.2 Å². The molecule has 0 bridgehead atoms. The molecule has 0 aliphatic carbocycles. The summed E-state index contributed by atoms with van der Waals surface area (Å²) in [4.78, 5) is 37.8. The van der Waals surface area contributed by atoms with E-state index in [0.29, 0.717) is 19.3 Å². The highest BCUT2D eigenvalue weighted by Gasteiger charge is 2.19. The van der Waals surface area contributed by atoms with Gasteiger partial charge in [0, 0.05) is 19.3 Å². The van der Waals surface area contributed by atoms with Crippen molar-refractivity contribution in [1.29, 1.82) is 0 Å². The fourth-order valence-corrected chi connectivity index (χ4v) is 7.51. The van der Waals surface area contributed by atoms with E-state index < -0.39 is 6.10 Å². The number of ether oxygens (including phenoxy) is 3. The minimum atomic E-state index is -0.759. The van der Waals surface area contributed by atoms with Crippen LogP contribution in [0.1, 0.15) is 278 Å². The molecule has 0 rings (SSSR count). The molecule has 0 saturated carbocycles. The predicted molar refractivity (Wildman–Crippen MR) is 238 cm³/mol. The highest BCUT2D eigenvalue weighted by atomic mass is 16.6. The van der Waals surface area contributed by atoms with Gasteiger partial charge in [0.25, 0.3) is 0 Å². The summed E-state index contributed by atoms with van der Waals surface area (Å²) in [7, 11) is 0. The lowest BCUT2D eigenvalue weighted by Crippen LogP contribution is -2.30. The van der Waals surface area contributed by atoms with Gasteiger partial charge < -0.3 is 14.2 Å². The average molecular weight is 793 g/mol. The summed E-state index contributed by atoms with van der Waals surface area (Å²) < 4.78 is 16.8. The van der Waals surface area contributed by atoms with Crippen LogP contribution in [0.4, 0.5) is 0 Å². The number of hydrogen-bond acceptors (Lipinski definition) is 6. The van der Waals surface area contributed by atoms with Crippen molar-refractivity contribution < 1.29 is 28.6 Å². The summed E-state index contributed by atoms with van der Waals surface area (Å²) in [5.41, 5.74) is 0. The lowest BCUT2D eigenvalue weighted by Gasteiger charge is -2.18. The van der Waals surface area contributed by atoms with E-state index in [2.05, 4.69) is 27.7 Å². The van der Waals surface area contributed by atoms with Crippen LogP contribution in [0.2, 0.25) is 0 Å². The summed E-state index contributed by atoms with van der Waals surface area (Å²) in [6.07, 6.45) is 45.1. The molecule has 1 atom stereocenters. The fourth-order valence-electron chi connectivity index (χ4n) is 7.51. The Balaban J connectivity index is 4.25. The van der Waals surface area contributed by atoms with Crippen LogP contribution in [0.3, 0.4) is 0 Å². The van der Waals surface area contributed by atoms with Gasteiger partial charge in [0.15, 0.2) is 6.10 Å². The first-order valence-electron chi connectivity index (χ1n) is 24.9. The standard InChI is InChI=1S/C50H96O6/c1-5-7-9-11-13-15-21-27-31-35-39-43-50(53)56-47(44-54-48(51)41-37-33-29-25-16-14-12-10-8-6-2)45-55-49(52)42-38-34-30-26-23-20-18-17-19-22-24-28-32-36-40-46(3)4/h46-47H,5-45H2,1-4H3/t47-/m0/s1. The van der Waals surface area contributed by atoms with Crippen LogP contribution in [-0.2, 0) is 28.6 Å².